The van der Waals surface area contributed by atoms with Crippen molar-refractivity contribution in [2.75, 3.05) is 29.1 Å². The van der Waals surface area contributed by atoms with E-state index in [0.717, 1.165) is 0 Å². The van der Waals surface area contributed by atoms with Crippen molar-refractivity contribution < 1.29 is 8.42 Å². The van der Waals surface area contributed by atoms with Crippen LogP contribution in [0.15, 0.2) is 12.3 Å². The van der Waals surface area contributed by atoms with Crippen LogP contribution in [0.3, 0.4) is 0 Å². The van der Waals surface area contributed by atoms with Crippen LogP contribution in [0.5, 0.6) is 0 Å². The van der Waals surface area contributed by atoms with E-state index < -0.39 is 9.84 Å². The zero-order valence-corrected chi connectivity index (χ0v) is 10.5. The quantitative estimate of drug-likeness (QED) is 0.833. The molecule has 0 saturated carbocycles. The van der Waals surface area contributed by atoms with Crippen LogP contribution in [0.2, 0.25) is 5.02 Å². The molecule has 3 N–H and O–H groups in total. The molecule has 16 heavy (non-hydrogen) atoms. The highest BCUT2D eigenvalue weighted by molar-refractivity contribution is 7.91. The van der Waals surface area contributed by atoms with Crippen molar-refractivity contribution in [3.8, 4) is 0 Å². The maximum absolute atomic E-state index is 11.2. The van der Waals surface area contributed by atoms with E-state index in [-0.39, 0.29) is 18.1 Å². The Bertz CT molecular complexity index is 462. The Hall–Kier alpha value is -1.01. The van der Waals surface area contributed by atoms with Gasteiger partial charge in [0.1, 0.15) is 5.82 Å². The average molecular weight is 264 g/mol. The number of hydrogen-bond donors (Lipinski definition) is 2. The number of nitrogens with two attached hydrogens (primary N) is 1. The second kappa shape index (κ2) is 5.36. The summed E-state index contributed by atoms with van der Waals surface area (Å²) in [5.74, 6) is 0.654. The van der Waals surface area contributed by atoms with Crippen molar-refractivity contribution >= 4 is 32.9 Å². The molecule has 0 radical (unpaired) electrons. The molecule has 1 aromatic rings. The van der Waals surface area contributed by atoms with Gasteiger partial charge in [0, 0.05) is 18.5 Å². The summed E-state index contributed by atoms with van der Waals surface area (Å²) in [6, 6.07) is 1.56. The smallest absolute Gasteiger partial charge is 0.151 e. The molecule has 5 nitrogen and oxygen atoms in total. The molecule has 0 atom stereocenters. The number of anilines is 2. The van der Waals surface area contributed by atoms with Crippen molar-refractivity contribution in [2.45, 2.75) is 6.92 Å². The van der Waals surface area contributed by atoms with Crippen molar-refractivity contribution in [2.24, 2.45) is 0 Å². The van der Waals surface area contributed by atoms with Gasteiger partial charge in [-0.25, -0.2) is 13.4 Å². The number of halogens is 1. The Morgan fingerprint density at radius 1 is 1.56 bits per heavy atom. The van der Waals surface area contributed by atoms with E-state index >= 15 is 0 Å². The van der Waals surface area contributed by atoms with E-state index in [1.165, 1.54) is 6.20 Å². The zero-order valence-electron chi connectivity index (χ0n) is 8.90. The van der Waals surface area contributed by atoms with Crippen LogP contribution in [0, 0.1) is 0 Å². The molecule has 0 aliphatic carbocycles. The third-order valence-corrected chi connectivity index (χ3v) is 3.94. The van der Waals surface area contributed by atoms with Crippen LogP contribution in [0.25, 0.3) is 0 Å². The van der Waals surface area contributed by atoms with Crippen LogP contribution in [0.4, 0.5) is 11.5 Å². The fourth-order valence-electron chi connectivity index (χ4n) is 1.07. The van der Waals surface area contributed by atoms with Crippen LogP contribution >= 0.6 is 11.6 Å². The Kier molecular flexibility index (Phi) is 4.37. The summed E-state index contributed by atoms with van der Waals surface area (Å²) in [6.45, 7) is 1.90. The van der Waals surface area contributed by atoms with Gasteiger partial charge in [0.25, 0.3) is 0 Å². The second-order valence-corrected chi connectivity index (χ2v) is 6.16. The van der Waals surface area contributed by atoms with Crippen molar-refractivity contribution in [1.82, 2.24) is 4.98 Å². The van der Waals surface area contributed by atoms with Crippen LogP contribution in [0.1, 0.15) is 6.92 Å². The summed E-state index contributed by atoms with van der Waals surface area (Å²) in [6.07, 6.45) is 1.45. The maximum atomic E-state index is 11.2. The Labute approximate surface area is 99.9 Å². The molecule has 0 aliphatic heterocycles. The highest BCUT2D eigenvalue weighted by Crippen LogP contribution is 2.18. The van der Waals surface area contributed by atoms with Gasteiger partial charge in [-0.1, -0.05) is 18.5 Å². The number of hydrogen-bond acceptors (Lipinski definition) is 5. The highest BCUT2D eigenvalue weighted by atomic mass is 35.5. The fraction of sp³-hybridized carbons (Fsp3) is 0.444. The van der Waals surface area contributed by atoms with E-state index in [2.05, 4.69) is 10.3 Å². The first-order valence-electron chi connectivity index (χ1n) is 4.80. The molecule has 90 valence electrons. The summed E-state index contributed by atoms with van der Waals surface area (Å²) in [5.41, 5.74) is 6.05. The van der Waals surface area contributed by atoms with E-state index in [4.69, 9.17) is 17.3 Å². The Morgan fingerprint density at radius 2 is 2.25 bits per heavy atom. The third-order valence-electron chi connectivity index (χ3n) is 2.03. The van der Waals surface area contributed by atoms with Crippen molar-refractivity contribution in [1.29, 1.82) is 0 Å². The number of aromatic nitrogens is 1. The largest absolute Gasteiger partial charge is 0.396 e. The van der Waals surface area contributed by atoms with Gasteiger partial charge in [0.2, 0.25) is 0 Å². The van der Waals surface area contributed by atoms with Gasteiger partial charge in [-0.05, 0) is 6.07 Å². The topological polar surface area (TPSA) is 85.1 Å². The van der Waals surface area contributed by atoms with Crippen molar-refractivity contribution in [3.05, 3.63) is 17.3 Å². The molecular formula is C9H14ClN3O2S. The lowest BCUT2D eigenvalue weighted by Crippen LogP contribution is -2.18. The lowest BCUT2D eigenvalue weighted by atomic mass is 10.4. The Balaban J connectivity index is 2.56. The first kappa shape index (κ1) is 13.1. The molecule has 1 heterocycles. The standard InChI is InChI=1S/C9H14ClN3O2S/c1-2-16(14,15)4-3-12-9-8(11)5-7(10)6-13-9/h5-6H,2-4,11H2,1H3,(H,12,13). The average Bonchev–Trinajstić information content (AvgIpc) is 2.21. The molecule has 0 unspecified atom stereocenters. The van der Waals surface area contributed by atoms with Gasteiger partial charge in [-0.3, -0.25) is 0 Å². The number of nitrogen functional groups attached to an aromatic ring is 1. The first-order chi connectivity index (χ1) is 7.44. The molecule has 7 heteroatoms. The minimum Gasteiger partial charge on any atom is -0.396 e. The molecule has 0 saturated heterocycles. The van der Waals surface area contributed by atoms with E-state index in [0.29, 0.717) is 16.5 Å². The minimum absolute atomic E-state index is 0.0627. The molecule has 0 spiro atoms. The lowest BCUT2D eigenvalue weighted by molar-refractivity contribution is 0.597. The molecule has 0 fully saturated rings. The number of nitrogens with one attached hydrogen (secondary N) is 1. The maximum Gasteiger partial charge on any atom is 0.151 e. The SMILES string of the molecule is CCS(=O)(=O)CCNc1ncc(Cl)cc1N. The molecule has 1 aromatic heterocycles. The molecule has 1 rings (SSSR count). The van der Waals surface area contributed by atoms with E-state index in [1.807, 2.05) is 0 Å². The van der Waals surface area contributed by atoms with Crippen LogP contribution in [-0.2, 0) is 9.84 Å². The molecule has 0 amide bonds. The summed E-state index contributed by atoms with van der Waals surface area (Å²) in [4.78, 5) is 3.96. The molecule has 0 bridgehead atoms. The van der Waals surface area contributed by atoms with Gasteiger partial charge >= 0.3 is 0 Å². The van der Waals surface area contributed by atoms with Crippen molar-refractivity contribution in [3.63, 3.8) is 0 Å². The van der Waals surface area contributed by atoms with Gasteiger partial charge in [0.05, 0.1) is 16.5 Å². The normalized spacial score (nSPS) is 11.4. The van der Waals surface area contributed by atoms with E-state index in [9.17, 15) is 8.42 Å². The predicted octanol–water partition coefficient (Wildman–Crippen LogP) is 1.16. The Morgan fingerprint density at radius 3 is 2.81 bits per heavy atom. The van der Waals surface area contributed by atoms with E-state index in [1.54, 1.807) is 13.0 Å². The minimum atomic E-state index is -2.97. The summed E-state index contributed by atoms with van der Waals surface area (Å²) < 4.78 is 22.4. The number of nitrogens with zero attached hydrogens (tertiary/aromatic N) is 1. The predicted molar refractivity (Wildman–Crippen MR) is 66.5 cm³/mol. The van der Waals surface area contributed by atoms with Gasteiger partial charge in [0.15, 0.2) is 9.84 Å². The first-order valence-corrected chi connectivity index (χ1v) is 7.00. The van der Waals surface area contributed by atoms with Gasteiger partial charge in [-0.15, -0.1) is 0 Å². The van der Waals surface area contributed by atoms with Gasteiger partial charge < -0.3 is 11.1 Å². The third kappa shape index (κ3) is 3.86. The summed E-state index contributed by atoms with van der Waals surface area (Å²) in [7, 11) is -2.97. The zero-order chi connectivity index (χ0) is 12.2. The monoisotopic (exact) mass is 263 g/mol. The molecule has 0 aliphatic rings. The molecular weight excluding hydrogens is 250 g/mol. The number of sulfone groups is 1. The summed E-state index contributed by atoms with van der Waals surface area (Å²) >= 11 is 5.68. The van der Waals surface area contributed by atoms with Crippen LogP contribution < -0.4 is 11.1 Å². The van der Waals surface area contributed by atoms with Crippen LogP contribution in [-0.4, -0.2) is 31.5 Å². The van der Waals surface area contributed by atoms with Gasteiger partial charge in [-0.2, -0.15) is 0 Å². The fourth-order valence-corrected chi connectivity index (χ4v) is 1.94. The highest BCUT2D eigenvalue weighted by Gasteiger charge is 2.07. The number of pyridine rings is 1. The molecule has 0 aromatic carbocycles. The number of rotatable bonds is 5. The lowest BCUT2D eigenvalue weighted by Gasteiger charge is -2.08. The second-order valence-electron chi connectivity index (χ2n) is 3.25. The summed E-state index contributed by atoms with van der Waals surface area (Å²) in [5, 5.41) is 3.31.